The molecule has 216 valence electrons. The minimum atomic E-state index is -2.63. The van der Waals surface area contributed by atoms with Gasteiger partial charge in [0.15, 0.2) is 0 Å². The third kappa shape index (κ3) is 6.37. The van der Waals surface area contributed by atoms with Gasteiger partial charge in [0.25, 0.3) is 8.32 Å². The maximum absolute atomic E-state index is 11.2. The van der Waals surface area contributed by atoms with Gasteiger partial charge < -0.3 is 14.5 Å². The Hall–Kier alpha value is -3.29. The van der Waals surface area contributed by atoms with Gasteiger partial charge in [-0.1, -0.05) is 93.0 Å². The van der Waals surface area contributed by atoms with E-state index >= 15 is 0 Å². The van der Waals surface area contributed by atoms with Crippen molar-refractivity contribution < 1.29 is 14.3 Å². The molecule has 0 atom stereocenters. The molecule has 0 aliphatic rings. The molecule has 1 heterocycles. The lowest BCUT2D eigenvalue weighted by atomic mass is 10.1. The van der Waals surface area contributed by atoms with Crippen molar-refractivity contribution in [1.29, 1.82) is 0 Å². The molecule has 0 unspecified atom stereocenters. The van der Waals surface area contributed by atoms with E-state index in [1.807, 2.05) is 30.3 Å². The second kappa shape index (κ2) is 12.9. The van der Waals surface area contributed by atoms with Gasteiger partial charge in [0.2, 0.25) is 0 Å². The molecule has 0 radical (unpaired) electrons. The fourth-order valence-corrected chi connectivity index (χ4v) is 11.4. The molecule has 0 saturated heterocycles. The Labute approximate surface area is 258 Å². The van der Waals surface area contributed by atoms with Gasteiger partial charge in [-0.15, -0.1) is 11.8 Å². The van der Waals surface area contributed by atoms with Gasteiger partial charge in [-0.3, -0.25) is 0 Å². The van der Waals surface area contributed by atoms with E-state index in [1.54, 1.807) is 23.9 Å². The van der Waals surface area contributed by atoms with E-state index in [0.29, 0.717) is 12.2 Å². The summed E-state index contributed by atoms with van der Waals surface area (Å²) in [5.41, 5.74) is 3.81. The Morgan fingerprint density at radius 2 is 1.50 bits per heavy atom. The third-order valence-electron chi connectivity index (χ3n) is 7.77. The Bertz CT molecular complexity index is 1610. The van der Waals surface area contributed by atoms with Crippen LogP contribution in [0.4, 0.5) is 0 Å². The fourth-order valence-electron chi connectivity index (χ4n) is 5.81. The number of aromatic carboxylic acids is 1. The van der Waals surface area contributed by atoms with Crippen molar-refractivity contribution in [3.8, 4) is 0 Å². The molecular weight excluding hydrogens is 578 g/mol. The van der Waals surface area contributed by atoms with Gasteiger partial charge in [0.1, 0.15) is 0 Å². The van der Waals surface area contributed by atoms with E-state index < -0.39 is 14.3 Å². The highest BCUT2D eigenvalue weighted by Gasteiger charge is 2.50. The van der Waals surface area contributed by atoms with E-state index in [0.717, 1.165) is 39.4 Å². The van der Waals surface area contributed by atoms with E-state index in [9.17, 15) is 9.90 Å². The van der Waals surface area contributed by atoms with E-state index in [4.69, 9.17) is 16.0 Å². The maximum Gasteiger partial charge on any atom is 0.335 e. The number of H-pyrrole nitrogens is 1. The smallest absolute Gasteiger partial charge is 0.335 e. The van der Waals surface area contributed by atoms with Crippen LogP contribution in [-0.4, -0.2) is 36.7 Å². The van der Waals surface area contributed by atoms with Crippen LogP contribution >= 0.6 is 23.4 Å². The summed E-state index contributed by atoms with van der Waals surface area (Å²) in [6.07, 6.45) is 1.60. The van der Waals surface area contributed by atoms with Crippen LogP contribution in [0.2, 0.25) is 10.1 Å². The first-order chi connectivity index (χ1) is 20.2. The molecule has 5 aromatic rings. The Kier molecular flexibility index (Phi) is 9.28. The van der Waals surface area contributed by atoms with E-state index in [1.165, 1.54) is 21.6 Å². The Balaban J connectivity index is 1.41. The Morgan fingerprint density at radius 1 is 0.881 bits per heavy atom. The zero-order valence-corrected chi connectivity index (χ0v) is 26.8. The van der Waals surface area contributed by atoms with Crippen molar-refractivity contribution >= 4 is 58.9 Å². The molecule has 4 nitrogen and oxygen atoms in total. The summed E-state index contributed by atoms with van der Waals surface area (Å²) in [6.45, 7) is 7.49. The molecule has 2 N–H and O–H groups in total. The lowest BCUT2D eigenvalue weighted by Crippen LogP contribution is -2.66. The number of carboxylic acids is 1. The second-order valence-electron chi connectivity index (χ2n) is 11.5. The first-order valence-electron chi connectivity index (χ1n) is 14.2. The molecule has 0 fully saturated rings. The number of halogens is 1. The summed E-state index contributed by atoms with van der Waals surface area (Å²) in [7, 11) is -2.63. The van der Waals surface area contributed by atoms with Crippen LogP contribution in [0.25, 0.3) is 10.9 Å². The lowest BCUT2D eigenvalue weighted by Gasteiger charge is -2.43. The molecule has 0 spiro atoms. The number of thioether (sulfide) groups is 1. The number of aryl methyl sites for hydroxylation is 1. The largest absolute Gasteiger partial charge is 0.478 e. The zero-order valence-electron chi connectivity index (χ0n) is 24.2. The van der Waals surface area contributed by atoms with Gasteiger partial charge in [-0.05, 0) is 69.9 Å². The maximum atomic E-state index is 11.2. The van der Waals surface area contributed by atoms with Gasteiger partial charge in [0.05, 0.1) is 5.56 Å². The molecule has 0 aliphatic carbocycles. The lowest BCUT2D eigenvalue weighted by molar-refractivity contribution is 0.0697. The van der Waals surface area contributed by atoms with E-state index in [2.05, 4.69) is 86.4 Å². The number of rotatable bonds is 11. The summed E-state index contributed by atoms with van der Waals surface area (Å²) >= 11 is 8.16. The molecule has 5 rings (SSSR count). The normalized spacial score (nSPS) is 12.1. The van der Waals surface area contributed by atoms with Crippen LogP contribution in [0.15, 0.2) is 108 Å². The van der Waals surface area contributed by atoms with Crippen molar-refractivity contribution in [2.75, 3.05) is 12.4 Å². The molecule has 4 aromatic carbocycles. The van der Waals surface area contributed by atoms with Gasteiger partial charge in [-0.25, -0.2) is 4.79 Å². The predicted octanol–water partition coefficient (Wildman–Crippen LogP) is 7.97. The molecule has 42 heavy (non-hydrogen) atoms. The highest BCUT2D eigenvalue weighted by molar-refractivity contribution is 7.99. The van der Waals surface area contributed by atoms with Gasteiger partial charge >= 0.3 is 5.97 Å². The van der Waals surface area contributed by atoms with E-state index in [-0.39, 0.29) is 5.04 Å². The number of aromatic amines is 1. The first-order valence-corrected chi connectivity index (χ1v) is 17.5. The third-order valence-corrected chi connectivity index (χ3v) is 14.1. The van der Waals surface area contributed by atoms with Gasteiger partial charge in [0, 0.05) is 45.3 Å². The number of fused-ring (bicyclic) bond motifs is 1. The zero-order chi connectivity index (χ0) is 29.7. The quantitative estimate of drug-likeness (QED) is 0.117. The van der Waals surface area contributed by atoms with Crippen LogP contribution in [0.5, 0.6) is 0 Å². The van der Waals surface area contributed by atoms with Crippen molar-refractivity contribution in [2.45, 2.75) is 43.5 Å². The fraction of sp³-hybridized carbons (Fsp3) is 0.229. The average molecular weight is 614 g/mol. The van der Waals surface area contributed by atoms with Crippen molar-refractivity contribution in [1.82, 2.24) is 4.98 Å². The number of hydrogen-bond acceptors (Lipinski definition) is 3. The number of hydrogen-bond donors (Lipinski definition) is 2. The topological polar surface area (TPSA) is 62.3 Å². The summed E-state index contributed by atoms with van der Waals surface area (Å²) in [5, 5.41) is 13.5. The molecule has 0 aliphatic heterocycles. The van der Waals surface area contributed by atoms with Crippen LogP contribution in [0.3, 0.4) is 0 Å². The van der Waals surface area contributed by atoms with Crippen LogP contribution < -0.4 is 10.4 Å². The second-order valence-corrected chi connectivity index (χ2v) is 17.4. The number of carbonyl (C=O) groups is 1. The number of benzene rings is 4. The number of aromatic nitrogens is 1. The number of carboxylic acid groups (broad SMARTS) is 1. The Morgan fingerprint density at radius 3 is 2.07 bits per heavy atom. The van der Waals surface area contributed by atoms with Crippen molar-refractivity contribution in [3.63, 3.8) is 0 Å². The van der Waals surface area contributed by atoms with Crippen LogP contribution in [-0.2, 0) is 17.3 Å². The molecular formula is C35H36ClNO3SSi. The highest BCUT2D eigenvalue weighted by Crippen LogP contribution is 2.37. The summed E-state index contributed by atoms with van der Waals surface area (Å²) in [6, 6.07) is 34.5. The summed E-state index contributed by atoms with van der Waals surface area (Å²) in [4.78, 5) is 15.9. The first kappa shape index (κ1) is 30.2. The minimum Gasteiger partial charge on any atom is -0.478 e. The summed E-state index contributed by atoms with van der Waals surface area (Å²) in [5.74, 6) is -0.0544. The monoisotopic (exact) mass is 613 g/mol. The standard InChI is InChI=1S/C35H36ClNO3SSi/c1-35(2,3)42(28-10-6-4-7-11-28,29-12-8-5-9-13-29)40-22-20-33-30(31-24-26(36)16-19-32(31)37-33)21-23-41-27-17-14-25(15-18-27)34(38)39/h4-19,24,37H,20-23H2,1-3H3,(H,38,39). The van der Waals surface area contributed by atoms with Crippen molar-refractivity contribution in [2.24, 2.45) is 0 Å². The minimum absolute atomic E-state index is 0.0840. The van der Waals surface area contributed by atoms with Crippen LogP contribution in [0.1, 0.15) is 42.4 Å². The van der Waals surface area contributed by atoms with Crippen LogP contribution in [0, 0.1) is 0 Å². The highest BCUT2D eigenvalue weighted by atomic mass is 35.5. The average Bonchev–Trinajstić information content (AvgIpc) is 3.32. The predicted molar refractivity (Wildman–Crippen MR) is 178 cm³/mol. The number of nitrogens with one attached hydrogen (secondary N) is 1. The molecule has 7 heteroatoms. The SMILES string of the molecule is CC(C)(C)[Si](OCCc1[nH]c2ccc(Cl)cc2c1CCSc1ccc(C(=O)O)cc1)(c1ccccc1)c1ccccc1. The summed E-state index contributed by atoms with van der Waals surface area (Å²) < 4.78 is 7.19. The molecule has 0 amide bonds. The molecule has 0 bridgehead atoms. The van der Waals surface area contributed by atoms with Gasteiger partial charge in [-0.2, -0.15) is 0 Å². The van der Waals surface area contributed by atoms with Crippen molar-refractivity contribution in [3.05, 3.63) is 125 Å². The molecule has 0 saturated carbocycles. The molecule has 1 aromatic heterocycles.